The highest BCUT2D eigenvalue weighted by Crippen LogP contribution is 2.20. The number of rotatable bonds is 5. The summed E-state index contributed by atoms with van der Waals surface area (Å²) >= 11 is 0. The van der Waals surface area contributed by atoms with Crippen LogP contribution in [0.25, 0.3) is 10.9 Å². The standard InChI is InChI=1S/C20H20N4O3S/c1-23-13-17-10-16(2-3-19(17)22-23)11-20(25)24(12-15-4-7-21-8-5-15)18-6-9-28(26,27)14-18/h2-10,13,18H,11-12,14H2,1H3. The van der Waals surface area contributed by atoms with Crippen LogP contribution in [0.4, 0.5) is 0 Å². The van der Waals surface area contributed by atoms with Crippen molar-refractivity contribution in [2.75, 3.05) is 5.75 Å². The van der Waals surface area contributed by atoms with Crippen LogP contribution in [0.15, 0.2) is 60.4 Å². The molecule has 1 aromatic carbocycles. The molecule has 1 unspecified atom stereocenters. The van der Waals surface area contributed by atoms with E-state index in [1.165, 1.54) is 5.41 Å². The van der Waals surface area contributed by atoms with Gasteiger partial charge in [0.2, 0.25) is 5.91 Å². The molecule has 0 saturated heterocycles. The minimum atomic E-state index is -3.26. The summed E-state index contributed by atoms with van der Waals surface area (Å²) in [6.45, 7) is 0.334. The number of fused-ring (bicyclic) bond motifs is 1. The number of sulfone groups is 1. The van der Waals surface area contributed by atoms with Gasteiger partial charge < -0.3 is 4.90 Å². The molecule has 1 atom stereocenters. The minimum Gasteiger partial charge on any atom is -0.331 e. The third-order valence-corrected chi connectivity index (χ3v) is 6.15. The molecule has 0 bridgehead atoms. The molecule has 2 aromatic heterocycles. The summed E-state index contributed by atoms with van der Waals surface area (Å²) in [7, 11) is -1.41. The third-order valence-electron chi connectivity index (χ3n) is 4.77. The lowest BCUT2D eigenvalue weighted by atomic mass is 10.1. The van der Waals surface area contributed by atoms with E-state index in [2.05, 4.69) is 10.1 Å². The van der Waals surface area contributed by atoms with Crippen molar-refractivity contribution in [1.82, 2.24) is 19.7 Å². The minimum absolute atomic E-state index is 0.0779. The van der Waals surface area contributed by atoms with Gasteiger partial charge >= 0.3 is 0 Å². The fraction of sp³-hybridized carbons (Fsp3) is 0.250. The Labute approximate surface area is 163 Å². The Kier molecular flexibility index (Phi) is 4.72. The van der Waals surface area contributed by atoms with Crippen LogP contribution in [0, 0.1) is 0 Å². The molecule has 3 heterocycles. The maximum atomic E-state index is 13.1. The molecule has 8 heteroatoms. The molecular formula is C20H20N4O3S. The van der Waals surface area contributed by atoms with Gasteiger partial charge in [0.25, 0.3) is 0 Å². The van der Waals surface area contributed by atoms with Crippen LogP contribution >= 0.6 is 0 Å². The van der Waals surface area contributed by atoms with Gasteiger partial charge in [-0.05, 0) is 41.5 Å². The first-order chi connectivity index (χ1) is 13.4. The number of carbonyl (C=O) groups excluding carboxylic acids is 1. The van der Waals surface area contributed by atoms with E-state index in [4.69, 9.17) is 0 Å². The van der Waals surface area contributed by atoms with Gasteiger partial charge in [0.15, 0.2) is 9.84 Å². The van der Waals surface area contributed by atoms with Crippen molar-refractivity contribution < 1.29 is 13.2 Å². The lowest BCUT2D eigenvalue weighted by Crippen LogP contribution is -2.41. The summed E-state index contributed by atoms with van der Waals surface area (Å²) in [5, 5.41) is 6.51. The molecule has 0 aliphatic carbocycles. The summed E-state index contributed by atoms with van der Waals surface area (Å²) in [4.78, 5) is 18.7. The number of carbonyl (C=O) groups is 1. The van der Waals surface area contributed by atoms with Crippen molar-refractivity contribution in [2.45, 2.75) is 19.0 Å². The predicted molar refractivity (Wildman–Crippen MR) is 106 cm³/mol. The van der Waals surface area contributed by atoms with Gasteiger partial charge in [-0.1, -0.05) is 6.07 Å². The van der Waals surface area contributed by atoms with Crippen LogP contribution < -0.4 is 0 Å². The molecule has 7 nitrogen and oxygen atoms in total. The molecule has 0 fully saturated rings. The monoisotopic (exact) mass is 396 g/mol. The Morgan fingerprint density at radius 2 is 2.00 bits per heavy atom. The highest BCUT2D eigenvalue weighted by Gasteiger charge is 2.30. The average molecular weight is 396 g/mol. The van der Waals surface area contributed by atoms with Gasteiger partial charge in [-0.3, -0.25) is 14.5 Å². The van der Waals surface area contributed by atoms with Gasteiger partial charge in [0.05, 0.1) is 23.7 Å². The topological polar surface area (TPSA) is 85.2 Å². The summed E-state index contributed by atoms with van der Waals surface area (Å²) in [5.41, 5.74) is 2.65. The molecule has 1 aliphatic heterocycles. The zero-order valence-corrected chi connectivity index (χ0v) is 16.2. The third kappa shape index (κ3) is 3.96. The quantitative estimate of drug-likeness (QED) is 0.657. The summed E-state index contributed by atoms with van der Waals surface area (Å²) in [5.74, 6) is -0.197. The maximum Gasteiger partial charge on any atom is 0.227 e. The normalized spacial score (nSPS) is 17.8. The Morgan fingerprint density at radius 1 is 1.21 bits per heavy atom. The Balaban J connectivity index is 1.59. The zero-order valence-electron chi connectivity index (χ0n) is 15.4. The van der Waals surface area contributed by atoms with Gasteiger partial charge in [-0.15, -0.1) is 0 Å². The maximum absolute atomic E-state index is 13.1. The summed E-state index contributed by atoms with van der Waals surface area (Å²) < 4.78 is 25.5. The average Bonchev–Trinajstić information content (AvgIpc) is 3.20. The Hall–Kier alpha value is -3.00. The first-order valence-corrected chi connectivity index (χ1v) is 10.6. The molecule has 3 aromatic rings. The summed E-state index contributed by atoms with van der Waals surface area (Å²) in [6.07, 6.45) is 7.02. The fourth-order valence-corrected chi connectivity index (χ4v) is 4.71. The smallest absolute Gasteiger partial charge is 0.227 e. The largest absolute Gasteiger partial charge is 0.331 e. The van der Waals surface area contributed by atoms with Crippen LogP contribution in [0.5, 0.6) is 0 Å². The van der Waals surface area contributed by atoms with E-state index in [1.807, 2.05) is 43.6 Å². The highest BCUT2D eigenvalue weighted by molar-refractivity contribution is 7.94. The number of benzene rings is 1. The molecule has 1 aliphatic rings. The van der Waals surface area contributed by atoms with E-state index in [1.54, 1.807) is 28.1 Å². The van der Waals surface area contributed by atoms with Crippen molar-refractivity contribution in [2.24, 2.45) is 7.05 Å². The predicted octanol–water partition coefficient (Wildman–Crippen LogP) is 1.85. The lowest BCUT2D eigenvalue weighted by Gasteiger charge is -2.28. The number of nitrogens with zero attached hydrogens (tertiary/aromatic N) is 4. The Bertz CT molecular complexity index is 1150. The Morgan fingerprint density at radius 3 is 2.71 bits per heavy atom. The van der Waals surface area contributed by atoms with Crippen LogP contribution in [0.1, 0.15) is 11.1 Å². The van der Waals surface area contributed by atoms with Crippen LogP contribution in [-0.2, 0) is 34.6 Å². The van der Waals surface area contributed by atoms with Crippen LogP contribution in [0.2, 0.25) is 0 Å². The van der Waals surface area contributed by atoms with Crippen molar-refractivity contribution in [3.8, 4) is 0 Å². The van der Waals surface area contributed by atoms with Crippen molar-refractivity contribution in [3.05, 3.63) is 71.5 Å². The van der Waals surface area contributed by atoms with E-state index in [0.29, 0.717) is 6.54 Å². The second-order valence-electron chi connectivity index (χ2n) is 6.98. The number of hydrogen-bond donors (Lipinski definition) is 0. The second-order valence-corrected chi connectivity index (χ2v) is 8.91. The molecular weight excluding hydrogens is 376 g/mol. The fourth-order valence-electron chi connectivity index (χ4n) is 3.41. The molecule has 28 heavy (non-hydrogen) atoms. The van der Waals surface area contributed by atoms with Crippen LogP contribution in [0.3, 0.4) is 0 Å². The number of hydrogen-bond acceptors (Lipinski definition) is 5. The highest BCUT2D eigenvalue weighted by atomic mass is 32.2. The van der Waals surface area contributed by atoms with Crippen molar-refractivity contribution in [3.63, 3.8) is 0 Å². The van der Waals surface area contributed by atoms with Crippen molar-refractivity contribution in [1.29, 1.82) is 0 Å². The van der Waals surface area contributed by atoms with Gasteiger partial charge in [-0.25, -0.2) is 8.42 Å². The van der Waals surface area contributed by atoms with Crippen LogP contribution in [-0.4, -0.2) is 45.8 Å². The van der Waals surface area contributed by atoms with E-state index >= 15 is 0 Å². The van der Waals surface area contributed by atoms with E-state index in [9.17, 15) is 13.2 Å². The SMILES string of the molecule is Cn1cc2cc(CC(=O)N(Cc3ccncc3)C3C=CS(=O)(=O)C3)ccc2n1. The van der Waals surface area contributed by atoms with Gasteiger partial charge in [0.1, 0.15) is 0 Å². The first-order valence-electron chi connectivity index (χ1n) is 8.91. The number of aryl methyl sites for hydroxylation is 1. The van der Waals surface area contributed by atoms with Gasteiger partial charge in [-0.2, -0.15) is 5.10 Å². The number of aromatic nitrogens is 3. The first kappa shape index (κ1) is 18.4. The van der Waals surface area contributed by atoms with E-state index in [-0.39, 0.29) is 18.1 Å². The van der Waals surface area contributed by atoms with Crippen molar-refractivity contribution >= 4 is 26.6 Å². The molecule has 0 spiro atoms. The molecule has 1 amide bonds. The van der Waals surface area contributed by atoms with E-state index < -0.39 is 15.9 Å². The number of amides is 1. The second kappa shape index (κ2) is 7.20. The molecule has 0 radical (unpaired) electrons. The van der Waals surface area contributed by atoms with Gasteiger partial charge in [0, 0.05) is 43.0 Å². The summed E-state index contributed by atoms with van der Waals surface area (Å²) in [6, 6.07) is 8.92. The van der Waals surface area contributed by atoms with E-state index in [0.717, 1.165) is 22.0 Å². The lowest BCUT2D eigenvalue weighted by molar-refractivity contribution is -0.132. The zero-order chi connectivity index (χ0) is 19.7. The molecule has 0 saturated carbocycles. The molecule has 0 N–H and O–H groups in total. The number of pyridine rings is 1. The molecule has 4 rings (SSSR count). The molecule has 144 valence electrons.